The maximum absolute atomic E-state index is 13.2. The number of nitrogens with one attached hydrogen (secondary N) is 5. The van der Waals surface area contributed by atoms with Crippen LogP contribution in [-0.4, -0.2) is 111 Å². The lowest BCUT2D eigenvalue weighted by Crippen LogP contribution is -2.57. The molecular weight excluding hydrogens is 628 g/mol. The first-order valence-corrected chi connectivity index (χ1v) is 14.2. The second-order valence-corrected chi connectivity index (χ2v) is 10.3. The van der Waals surface area contributed by atoms with E-state index in [9.17, 15) is 53.4 Å². The summed E-state index contributed by atoms with van der Waals surface area (Å²) in [7, 11) is 0. The third kappa shape index (κ3) is 15.8. The Morgan fingerprint density at radius 2 is 1.15 bits per heavy atom. The van der Waals surface area contributed by atoms with Gasteiger partial charge in [-0.15, -0.1) is 0 Å². The Morgan fingerprint density at radius 1 is 0.638 bits per heavy atom. The first-order valence-electron chi connectivity index (χ1n) is 14.2. The molecule has 0 aromatic heterocycles. The van der Waals surface area contributed by atoms with Crippen molar-refractivity contribution in [1.82, 2.24) is 26.6 Å². The normalized spacial score (nSPS) is 13.7. The van der Waals surface area contributed by atoms with Crippen LogP contribution in [0.2, 0.25) is 0 Å². The van der Waals surface area contributed by atoms with E-state index < -0.39 is 116 Å². The molecule has 0 saturated heterocycles. The summed E-state index contributed by atoms with van der Waals surface area (Å²) in [6.45, 7) is 0.501. The zero-order chi connectivity index (χ0) is 35.7. The van der Waals surface area contributed by atoms with Crippen LogP contribution in [0.4, 0.5) is 0 Å². The van der Waals surface area contributed by atoms with Gasteiger partial charge in [0.1, 0.15) is 24.2 Å². The van der Waals surface area contributed by atoms with E-state index in [0.717, 1.165) is 0 Å². The third-order valence-corrected chi connectivity index (χ3v) is 6.32. The Balaban J connectivity index is 3.06. The molecule has 5 atom stereocenters. The molecule has 1 rings (SSSR count). The number of rotatable bonds is 21. The molecule has 0 aliphatic rings. The highest BCUT2D eigenvalue weighted by Gasteiger charge is 2.31. The summed E-state index contributed by atoms with van der Waals surface area (Å²) in [5.41, 5.74) is 6.10. The standard InChI is InChI=1S/C28H38N6O13/c1-14(29)24(42)32-16(7-9-21(36)37)26(44)34-18(11-15-5-3-2-4-6-15)25(43)30-13-20(35)31-19(12-23(40)41)27(45)33-17(28(46)47)8-10-22(38)39/h2-6,14,16-19H,7-13,29H2,1H3,(H,30,43)(H,31,35)(H,32,42)(H,33,45)(H,34,44)(H,36,37)(H,38,39)(H,40,41)(H,46,47)/t14-,16-,17-,18-,19-/m0/s1. The van der Waals surface area contributed by atoms with E-state index in [1.165, 1.54) is 6.92 Å². The molecule has 11 N–H and O–H groups in total. The largest absolute Gasteiger partial charge is 0.481 e. The summed E-state index contributed by atoms with van der Waals surface area (Å²) < 4.78 is 0. The molecule has 47 heavy (non-hydrogen) atoms. The zero-order valence-corrected chi connectivity index (χ0v) is 25.3. The molecule has 0 aliphatic heterocycles. The van der Waals surface area contributed by atoms with Gasteiger partial charge in [-0.25, -0.2) is 4.79 Å². The van der Waals surface area contributed by atoms with Gasteiger partial charge < -0.3 is 52.7 Å². The fraction of sp³-hybridized carbons (Fsp3) is 0.464. The molecule has 19 nitrogen and oxygen atoms in total. The number of amides is 5. The average Bonchev–Trinajstić information content (AvgIpc) is 2.98. The van der Waals surface area contributed by atoms with Crippen LogP contribution in [0.1, 0.15) is 44.6 Å². The van der Waals surface area contributed by atoms with Crippen LogP contribution >= 0.6 is 0 Å². The van der Waals surface area contributed by atoms with E-state index >= 15 is 0 Å². The summed E-state index contributed by atoms with van der Waals surface area (Å²) >= 11 is 0. The SMILES string of the molecule is C[C@H](N)C(=O)N[C@@H](CCC(=O)O)C(=O)N[C@@H](Cc1ccccc1)C(=O)NCC(=O)N[C@@H](CC(=O)O)C(=O)N[C@@H](CCC(=O)O)C(=O)O. The molecule has 1 aromatic rings. The van der Waals surface area contributed by atoms with Gasteiger partial charge in [-0.1, -0.05) is 30.3 Å². The average molecular weight is 667 g/mol. The number of hydrogen-bond donors (Lipinski definition) is 10. The van der Waals surface area contributed by atoms with Crippen LogP contribution in [-0.2, 0) is 49.6 Å². The summed E-state index contributed by atoms with van der Waals surface area (Å²) in [5, 5.41) is 47.3. The molecule has 0 bridgehead atoms. The molecule has 0 aliphatic carbocycles. The Bertz CT molecular complexity index is 1320. The van der Waals surface area contributed by atoms with Crippen LogP contribution in [0.5, 0.6) is 0 Å². The Hall–Kier alpha value is -5.59. The van der Waals surface area contributed by atoms with Crippen LogP contribution in [0, 0.1) is 0 Å². The highest BCUT2D eigenvalue weighted by Crippen LogP contribution is 2.06. The van der Waals surface area contributed by atoms with Crippen molar-refractivity contribution in [3.8, 4) is 0 Å². The zero-order valence-electron chi connectivity index (χ0n) is 25.3. The van der Waals surface area contributed by atoms with E-state index in [0.29, 0.717) is 5.56 Å². The van der Waals surface area contributed by atoms with Gasteiger partial charge in [0.2, 0.25) is 29.5 Å². The van der Waals surface area contributed by atoms with Crippen molar-refractivity contribution in [2.45, 2.75) is 75.7 Å². The lowest BCUT2D eigenvalue weighted by molar-refractivity contribution is -0.144. The maximum atomic E-state index is 13.2. The maximum Gasteiger partial charge on any atom is 0.326 e. The predicted octanol–water partition coefficient (Wildman–Crippen LogP) is -3.08. The lowest BCUT2D eigenvalue weighted by atomic mass is 10.0. The molecule has 0 fully saturated rings. The van der Waals surface area contributed by atoms with Gasteiger partial charge in [0, 0.05) is 19.3 Å². The van der Waals surface area contributed by atoms with Crippen molar-refractivity contribution < 1.29 is 63.6 Å². The summed E-state index contributed by atoms with van der Waals surface area (Å²) in [5.74, 6) is -10.7. The highest BCUT2D eigenvalue weighted by atomic mass is 16.4. The molecule has 5 amide bonds. The van der Waals surface area contributed by atoms with Crippen molar-refractivity contribution in [2.24, 2.45) is 5.73 Å². The van der Waals surface area contributed by atoms with Crippen molar-refractivity contribution in [1.29, 1.82) is 0 Å². The van der Waals surface area contributed by atoms with Gasteiger partial charge in [-0.3, -0.25) is 38.4 Å². The topological polar surface area (TPSA) is 321 Å². The minimum Gasteiger partial charge on any atom is -0.481 e. The number of carboxylic acid groups (broad SMARTS) is 4. The number of carboxylic acids is 4. The second kappa shape index (κ2) is 19.7. The van der Waals surface area contributed by atoms with E-state index in [2.05, 4.69) is 21.3 Å². The van der Waals surface area contributed by atoms with Crippen molar-refractivity contribution in [3.05, 3.63) is 35.9 Å². The molecule has 0 radical (unpaired) electrons. The van der Waals surface area contributed by atoms with Gasteiger partial charge in [-0.2, -0.15) is 0 Å². The van der Waals surface area contributed by atoms with E-state index in [-0.39, 0.29) is 12.8 Å². The highest BCUT2D eigenvalue weighted by molar-refractivity contribution is 5.96. The number of hydrogen-bond acceptors (Lipinski definition) is 10. The minimum absolute atomic E-state index is 0.121. The summed E-state index contributed by atoms with van der Waals surface area (Å²) in [4.78, 5) is 108. The van der Waals surface area contributed by atoms with Gasteiger partial charge in [-0.05, 0) is 25.3 Å². The molecule has 1 aromatic carbocycles. The first kappa shape index (κ1) is 39.4. The van der Waals surface area contributed by atoms with Crippen LogP contribution in [0.3, 0.4) is 0 Å². The van der Waals surface area contributed by atoms with E-state index in [1.807, 2.05) is 5.32 Å². The smallest absolute Gasteiger partial charge is 0.326 e. The summed E-state index contributed by atoms with van der Waals surface area (Å²) in [6, 6.07) is 0.956. The molecule has 258 valence electrons. The number of carbonyl (C=O) groups excluding carboxylic acids is 5. The van der Waals surface area contributed by atoms with Crippen molar-refractivity contribution in [3.63, 3.8) is 0 Å². The van der Waals surface area contributed by atoms with E-state index in [1.54, 1.807) is 30.3 Å². The summed E-state index contributed by atoms with van der Waals surface area (Å²) in [6.07, 6.45) is -3.11. The molecule has 0 heterocycles. The number of aliphatic carboxylic acids is 4. The van der Waals surface area contributed by atoms with Crippen molar-refractivity contribution in [2.75, 3.05) is 6.54 Å². The van der Waals surface area contributed by atoms with Crippen molar-refractivity contribution >= 4 is 53.4 Å². The molecule has 0 saturated carbocycles. The lowest BCUT2D eigenvalue weighted by Gasteiger charge is -2.24. The minimum atomic E-state index is -1.81. The van der Waals surface area contributed by atoms with E-state index in [4.69, 9.17) is 15.9 Å². The predicted molar refractivity (Wildman–Crippen MR) is 158 cm³/mol. The Kier molecular flexibility index (Phi) is 16.5. The molecule has 0 spiro atoms. The molecule has 19 heteroatoms. The molecular formula is C28H38N6O13. The van der Waals surface area contributed by atoms with Crippen LogP contribution in [0.15, 0.2) is 30.3 Å². The van der Waals surface area contributed by atoms with Gasteiger partial charge in [0.15, 0.2) is 0 Å². The van der Waals surface area contributed by atoms with Gasteiger partial charge in [0.05, 0.1) is 19.0 Å². The van der Waals surface area contributed by atoms with Crippen LogP contribution < -0.4 is 32.3 Å². The Labute approximate surface area is 267 Å². The fourth-order valence-corrected chi connectivity index (χ4v) is 3.89. The number of carbonyl (C=O) groups is 9. The monoisotopic (exact) mass is 666 g/mol. The fourth-order valence-electron chi connectivity index (χ4n) is 3.89. The third-order valence-electron chi connectivity index (χ3n) is 6.32. The quantitative estimate of drug-likeness (QED) is 0.0622. The first-order chi connectivity index (χ1) is 22.0. The number of nitrogens with two attached hydrogens (primary N) is 1. The van der Waals surface area contributed by atoms with Gasteiger partial charge in [0.25, 0.3) is 0 Å². The molecule has 0 unspecified atom stereocenters. The van der Waals surface area contributed by atoms with Crippen LogP contribution in [0.25, 0.3) is 0 Å². The second-order valence-electron chi connectivity index (χ2n) is 10.3. The Morgan fingerprint density at radius 3 is 1.66 bits per heavy atom. The van der Waals surface area contributed by atoms with Gasteiger partial charge >= 0.3 is 23.9 Å². The number of benzene rings is 1.